The maximum Gasteiger partial charge on any atom is 0.418 e. The first-order valence-corrected chi connectivity index (χ1v) is 5.34. The average Bonchev–Trinajstić information content (AvgIpc) is 2.34. The monoisotopic (exact) mass is 290 g/mol. The lowest BCUT2D eigenvalue weighted by Crippen LogP contribution is -2.11. The lowest BCUT2D eigenvalue weighted by atomic mass is 10.1. The number of hydrogen-bond donors (Lipinski definition) is 0. The fourth-order valence-electron chi connectivity index (χ4n) is 1.61. The molecule has 0 N–H and O–H groups in total. The number of esters is 1. The summed E-state index contributed by atoms with van der Waals surface area (Å²) in [5.41, 5.74) is -1.72. The molecule has 0 saturated heterocycles. The number of carbonyl (C=O) groups excluding carboxylic acids is 1. The largest absolute Gasteiger partial charge is 0.464 e. The van der Waals surface area contributed by atoms with Gasteiger partial charge < -0.3 is 4.74 Å². The van der Waals surface area contributed by atoms with E-state index in [4.69, 9.17) is 11.6 Å². The van der Waals surface area contributed by atoms with E-state index in [9.17, 15) is 18.0 Å². The second kappa shape index (κ2) is 4.65. The molecule has 1 heterocycles. The van der Waals surface area contributed by atoms with Crippen LogP contribution >= 0.6 is 11.6 Å². The molecule has 0 amide bonds. The second-order valence-corrected chi connectivity index (χ2v) is 3.87. The predicted octanol–water partition coefficient (Wildman–Crippen LogP) is 3.09. The Hall–Kier alpha value is -1.89. The van der Waals surface area contributed by atoms with Crippen molar-refractivity contribution in [3.05, 3.63) is 34.7 Å². The molecule has 1 aromatic carbocycles. The Morgan fingerprint density at radius 3 is 2.58 bits per heavy atom. The molecule has 2 rings (SSSR count). The molecule has 0 spiro atoms. The number of benzene rings is 1. The van der Waals surface area contributed by atoms with Gasteiger partial charge in [0, 0.05) is 5.39 Å². The van der Waals surface area contributed by atoms with E-state index in [1.807, 2.05) is 0 Å². The van der Waals surface area contributed by atoms with E-state index in [1.165, 1.54) is 6.07 Å². The molecule has 19 heavy (non-hydrogen) atoms. The van der Waals surface area contributed by atoms with Gasteiger partial charge in [0.1, 0.15) is 0 Å². The van der Waals surface area contributed by atoms with Crippen molar-refractivity contribution < 1.29 is 22.7 Å². The van der Waals surface area contributed by atoms with Gasteiger partial charge in [-0.15, -0.1) is 0 Å². The minimum atomic E-state index is -4.61. The third kappa shape index (κ3) is 2.46. The number of ether oxygens (including phenoxy) is 1. The highest BCUT2D eigenvalue weighted by Crippen LogP contribution is 2.34. The number of para-hydroxylation sites is 1. The van der Waals surface area contributed by atoms with Gasteiger partial charge in [0.05, 0.1) is 18.2 Å². The van der Waals surface area contributed by atoms with Crippen molar-refractivity contribution in [3.8, 4) is 0 Å². The Labute approximate surface area is 110 Å². The molecule has 4 nitrogen and oxygen atoms in total. The lowest BCUT2D eigenvalue weighted by molar-refractivity contribution is -0.136. The summed E-state index contributed by atoms with van der Waals surface area (Å²) in [5, 5.41) is -0.518. The highest BCUT2D eigenvalue weighted by Gasteiger charge is 2.34. The zero-order chi connectivity index (χ0) is 14.2. The molecular weight excluding hydrogens is 285 g/mol. The number of halogens is 4. The number of methoxy groups -OCH3 is 1. The van der Waals surface area contributed by atoms with Gasteiger partial charge in [-0.25, -0.2) is 14.8 Å². The summed E-state index contributed by atoms with van der Waals surface area (Å²) in [4.78, 5) is 18.6. The molecule has 0 radical (unpaired) electrons. The topological polar surface area (TPSA) is 52.1 Å². The first-order valence-electron chi connectivity index (χ1n) is 4.96. The van der Waals surface area contributed by atoms with E-state index in [0.717, 1.165) is 19.2 Å². The maximum absolute atomic E-state index is 12.8. The van der Waals surface area contributed by atoms with Crippen LogP contribution in [0.3, 0.4) is 0 Å². The standard InChI is InChI=1S/C11H6ClF3N2O2/c1-19-9(18)8-5-3-2-4-6(11(13,14)15)7(5)16-10(12)17-8/h2-4H,1H3. The fourth-order valence-corrected chi connectivity index (χ4v) is 1.77. The van der Waals surface area contributed by atoms with E-state index in [0.29, 0.717) is 0 Å². The molecule has 0 saturated carbocycles. The van der Waals surface area contributed by atoms with Crippen LogP contribution in [0.25, 0.3) is 10.9 Å². The van der Waals surface area contributed by atoms with Gasteiger partial charge in [0.2, 0.25) is 5.28 Å². The Kier molecular flexibility index (Phi) is 3.32. The third-order valence-corrected chi connectivity index (χ3v) is 2.55. The highest BCUT2D eigenvalue weighted by atomic mass is 35.5. The van der Waals surface area contributed by atoms with Crippen LogP contribution in [0.15, 0.2) is 18.2 Å². The van der Waals surface area contributed by atoms with Gasteiger partial charge in [-0.05, 0) is 17.7 Å². The minimum Gasteiger partial charge on any atom is -0.464 e. The van der Waals surface area contributed by atoms with E-state index in [2.05, 4.69) is 14.7 Å². The molecule has 2 aromatic rings. The summed E-state index contributed by atoms with van der Waals surface area (Å²) in [6.07, 6.45) is -4.61. The molecule has 0 fully saturated rings. The van der Waals surface area contributed by atoms with Crippen molar-refractivity contribution in [1.82, 2.24) is 9.97 Å². The Morgan fingerprint density at radius 2 is 2.00 bits per heavy atom. The van der Waals surface area contributed by atoms with Gasteiger partial charge in [-0.1, -0.05) is 12.1 Å². The SMILES string of the molecule is COC(=O)c1nc(Cl)nc2c(C(F)(F)F)cccc12. The fraction of sp³-hybridized carbons (Fsp3) is 0.182. The molecule has 1 aromatic heterocycles. The van der Waals surface area contributed by atoms with Gasteiger partial charge in [-0.2, -0.15) is 13.2 Å². The molecule has 0 bridgehead atoms. The number of nitrogens with zero attached hydrogens (tertiary/aromatic N) is 2. The summed E-state index contributed by atoms with van der Waals surface area (Å²) in [7, 11) is 1.10. The predicted molar refractivity (Wildman–Crippen MR) is 60.9 cm³/mol. The van der Waals surface area contributed by atoms with Crippen LogP contribution in [0.2, 0.25) is 5.28 Å². The van der Waals surface area contributed by atoms with Crippen molar-refractivity contribution in [1.29, 1.82) is 0 Å². The minimum absolute atomic E-state index is 0.0638. The van der Waals surface area contributed by atoms with Gasteiger partial charge in [-0.3, -0.25) is 0 Å². The first kappa shape index (κ1) is 13.5. The normalized spacial score (nSPS) is 11.6. The number of aromatic nitrogens is 2. The van der Waals surface area contributed by atoms with Crippen LogP contribution < -0.4 is 0 Å². The quantitative estimate of drug-likeness (QED) is 0.598. The van der Waals surface area contributed by atoms with Crippen LogP contribution in [0.1, 0.15) is 16.1 Å². The molecular formula is C11H6ClF3N2O2. The van der Waals surface area contributed by atoms with Crippen molar-refractivity contribution in [2.45, 2.75) is 6.18 Å². The maximum atomic E-state index is 12.8. The Balaban J connectivity index is 2.85. The Morgan fingerprint density at radius 1 is 1.32 bits per heavy atom. The number of hydrogen-bond acceptors (Lipinski definition) is 4. The lowest BCUT2D eigenvalue weighted by Gasteiger charge is -2.11. The molecule has 100 valence electrons. The average molecular weight is 291 g/mol. The van der Waals surface area contributed by atoms with Crippen LogP contribution in [-0.4, -0.2) is 23.0 Å². The molecule has 8 heteroatoms. The van der Waals surface area contributed by atoms with Crippen LogP contribution in [0.5, 0.6) is 0 Å². The van der Waals surface area contributed by atoms with Crippen molar-refractivity contribution in [2.75, 3.05) is 7.11 Å². The van der Waals surface area contributed by atoms with Crippen LogP contribution in [-0.2, 0) is 10.9 Å². The smallest absolute Gasteiger partial charge is 0.418 e. The zero-order valence-corrected chi connectivity index (χ0v) is 10.2. The van der Waals surface area contributed by atoms with Gasteiger partial charge in [0.25, 0.3) is 0 Å². The summed E-state index contributed by atoms with van der Waals surface area (Å²) in [5.74, 6) is -0.881. The van der Waals surface area contributed by atoms with E-state index in [-0.39, 0.29) is 11.1 Å². The van der Waals surface area contributed by atoms with Crippen molar-refractivity contribution in [2.24, 2.45) is 0 Å². The van der Waals surface area contributed by atoms with E-state index in [1.54, 1.807) is 0 Å². The first-order chi connectivity index (χ1) is 8.84. The van der Waals surface area contributed by atoms with Crippen LogP contribution in [0, 0.1) is 0 Å². The third-order valence-electron chi connectivity index (χ3n) is 2.38. The van der Waals surface area contributed by atoms with Gasteiger partial charge in [0.15, 0.2) is 5.69 Å². The number of rotatable bonds is 1. The summed E-state index contributed by atoms with van der Waals surface area (Å²) in [6.45, 7) is 0. The number of alkyl halides is 3. The summed E-state index contributed by atoms with van der Waals surface area (Å²) >= 11 is 5.55. The molecule has 0 aliphatic carbocycles. The highest BCUT2D eigenvalue weighted by molar-refractivity contribution is 6.29. The molecule has 0 aliphatic heterocycles. The van der Waals surface area contributed by atoms with E-state index >= 15 is 0 Å². The van der Waals surface area contributed by atoms with Crippen molar-refractivity contribution >= 4 is 28.5 Å². The molecule has 0 atom stereocenters. The number of carbonyl (C=O) groups is 1. The van der Waals surface area contributed by atoms with Crippen LogP contribution in [0.4, 0.5) is 13.2 Å². The molecule has 0 aliphatic rings. The zero-order valence-electron chi connectivity index (χ0n) is 9.45. The Bertz CT molecular complexity index is 658. The number of fused-ring (bicyclic) bond motifs is 1. The summed E-state index contributed by atoms with van der Waals surface area (Å²) in [6, 6.07) is 3.31. The van der Waals surface area contributed by atoms with Crippen molar-refractivity contribution in [3.63, 3.8) is 0 Å². The second-order valence-electron chi connectivity index (χ2n) is 3.53. The molecule has 0 unspecified atom stereocenters. The summed E-state index contributed by atoms with van der Waals surface area (Å²) < 4.78 is 43.0. The van der Waals surface area contributed by atoms with E-state index < -0.39 is 28.5 Å². The van der Waals surface area contributed by atoms with Gasteiger partial charge >= 0.3 is 12.1 Å².